The quantitative estimate of drug-likeness (QED) is 0.796. The summed E-state index contributed by atoms with van der Waals surface area (Å²) in [4.78, 5) is 0.883. The number of hydrogen-bond acceptors (Lipinski definition) is 3. The van der Waals surface area contributed by atoms with Gasteiger partial charge in [-0.3, -0.25) is 0 Å². The molecule has 1 aromatic heterocycles. The summed E-state index contributed by atoms with van der Waals surface area (Å²) in [5.74, 6) is 0.640. The molecule has 1 fully saturated rings. The molecule has 0 saturated carbocycles. The molecule has 3 rings (SSSR count). The highest BCUT2D eigenvalue weighted by molar-refractivity contribution is 7.91. The van der Waals surface area contributed by atoms with E-state index in [1.165, 1.54) is 16.9 Å². The predicted octanol–water partition coefficient (Wildman–Crippen LogP) is 3.67. The first-order chi connectivity index (χ1) is 10.1. The van der Waals surface area contributed by atoms with Gasteiger partial charge in [-0.25, -0.2) is 8.42 Å². The highest BCUT2D eigenvalue weighted by Gasteiger charge is 2.33. The average Bonchev–Trinajstić information content (AvgIpc) is 3.18. The maximum Gasteiger partial charge on any atom is 0.252 e. The topological polar surface area (TPSA) is 37.4 Å². The molecule has 0 bridgehead atoms. The molecule has 6 heteroatoms. The summed E-state index contributed by atoms with van der Waals surface area (Å²) in [6.45, 7) is 1.14. The Morgan fingerprint density at radius 3 is 2.62 bits per heavy atom. The molecule has 112 valence electrons. The number of alkyl halides is 1. The maximum atomic E-state index is 12.6. The van der Waals surface area contributed by atoms with Crippen LogP contribution in [0.2, 0.25) is 0 Å². The van der Waals surface area contributed by atoms with Gasteiger partial charge in [0.15, 0.2) is 0 Å². The molecule has 0 aliphatic carbocycles. The van der Waals surface area contributed by atoms with Crippen LogP contribution in [0.15, 0.2) is 46.7 Å². The van der Waals surface area contributed by atoms with E-state index in [1.807, 2.05) is 18.2 Å². The average molecular weight is 342 g/mol. The summed E-state index contributed by atoms with van der Waals surface area (Å²) >= 11 is 7.02. The molecule has 1 aliphatic rings. The first-order valence-electron chi connectivity index (χ1n) is 6.81. The van der Waals surface area contributed by atoms with E-state index >= 15 is 0 Å². The minimum atomic E-state index is -3.38. The normalized spacial score (nSPS) is 20.0. The zero-order valence-electron chi connectivity index (χ0n) is 11.4. The Morgan fingerprint density at radius 2 is 1.95 bits per heavy atom. The molecule has 1 unspecified atom stereocenters. The SMILES string of the molecule is O=S(=O)(c1ccc(CCl)s1)N1CCC(c2ccccc2)C1. The summed E-state index contributed by atoms with van der Waals surface area (Å²) in [6, 6.07) is 13.6. The molecule has 21 heavy (non-hydrogen) atoms. The number of rotatable bonds is 4. The van der Waals surface area contributed by atoms with Crippen LogP contribution in [0, 0.1) is 0 Å². The second-order valence-electron chi connectivity index (χ2n) is 5.11. The van der Waals surface area contributed by atoms with Crippen molar-refractivity contribution in [3.8, 4) is 0 Å². The third-order valence-electron chi connectivity index (χ3n) is 3.78. The second-order valence-corrected chi connectivity index (χ2v) is 8.71. The number of halogens is 1. The Kier molecular flexibility index (Phi) is 4.36. The van der Waals surface area contributed by atoms with Crippen LogP contribution in [-0.4, -0.2) is 25.8 Å². The molecule has 1 atom stereocenters. The van der Waals surface area contributed by atoms with E-state index in [1.54, 1.807) is 16.4 Å². The fourth-order valence-electron chi connectivity index (χ4n) is 2.64. The van der Waals surface area contributed by atoms with Gasteiger partial charge in [-0.2, -0.15) is 4.31 Å². The third kappa shape index (κ3) is 3.01. The zero-order chi connectivity index (χ0) is 14.9. The molecule has 1 saturated heterocycles. The first-order valence-corrected chi connectivity index (χ1v) is 9.60. The molecular formula is C15H16ClNO2S2. The predicted molar refractivity (Wildman–Crippen MR) is 86.4 cm³/mol. The Bertz CT molecular complexity index is 712. The van der Waals surface area contributed by atoms with Crippen LogP contribution >= 0.6 is 22.9 Å². The van der Waals surface area contributed by atoms with Crippen molar-refractivity contribution in [3.63, 3.8) is 0 Å². The summed E-state index contributed by atoms with van der Waals surface area (Å²) in [6.07, 6.45) is 0.872. The van der Waals surface area contributed by atoms with Gasteiger partial charge in [-0.15, -0.1) is 22.9 Å². The van der Waals surface area contributed by atoms with Crippen LogP contribution in [-0.2, 0) is 15.9 Å². The standard InChI is InChI=1S/C15H16ClNO2S2/c16-10-14-6-7-15(20-14)21(18,19)17-9-8-13(11-17)12-4-2-1-3-5-12/h1-7,13H,8-11H2. The van der Waals surface area contributed by atoms with Crippen molar-refractivity contribution >= 4 is 33.0 Å². The van der Waals surface area contributed by atoms with E-state index in [0.29, 0.717) is 23.2 Å². The molecule has 3 nitrogen and oxygen atoms in total. The maximum absolute atomic E-state index is 12.6. The van der Waals surface area contributed by atoms with Crippen molar-refractivity contribution in [2.45, 2.75) is 22.4 Å². The van der Waals surface area contributed by atoms with Gasteiger partial charge in [0.25, 0.3) is 10.0 Å². The Labute approximate surface area is 134 Å². The lowest BCUT2D eigenvalue weighted by Crippen LogP contribution is -2.28. The lowest BCUT2D eigenvalue weighted by Gasteiger charge is -2.15. The number of hydrogen-bond donors (Lipinski definition) is 0. The summed E-state index contributed by atoms with van der Waals surface area (Å²) in [5, 5.41) is 0. The van der Waals surface area contributed by atoms with Gasteiger partial charge in [-0.05, 0) is 30.0 Å². The van der Waals surface area contributed by atoms with Gasteiger partial charge >= 0.3 is 0 Å². The monoisotopic (exact) mass is 341 g/mol. The second kappa shape index (κ2) is 6.08. The van der Waals surface area contributed by atoms with Gasteiger partial charge in [0.2, 0.25) is 0 Å². The summed E-state index contributed by atoms with van der Waals surface area (Å²) in [5.41, 5.74) is 1.21. The van der Waals surface area contributed by atoms with Crippen LogP contribution in [0.3, 0.4) is 0 Å². The van der Waals surface area contributed by atoms with Gasteiger partial charge in [0.1, 0.15) is 4.21 Å². The number of nitrogens with zero attached hydrogens (tertiary/aromatic N) is 1. The van der Waals surface area contributed by atoms with E-state index in [0.717, 1.165) is 11.3 Å². The highest BCUT2D eigenvalue weighted by atomic mass is 35.5. The van der Waals surface area contributed by atoms with Crippen molar-refractivity contribution < 1.29 is 8.42 Å². The van der Waals surface area contributed by atoms with Crippen LogP contribution in [0.5, 0.6) is 0 Å². The van der Waals surface area contributed by atoms with Gasteiger partial charge in [0.05, 0.1) is 5.88 Å². The fourth-order valence-corrected chi connectivity index (χ4v) is 5.75. The summed E-state index contributed by atoms with van der Waals surface area (Å²) < 4.78 is 27.3. The van der Waals surface area contributed by atoms with Crippen molar-refractivity contribution in [3.05, 3.63) is 52.9 Å². The zero-order valence-corrected chi connectivity index (χ0v) is 13.8. The van der Waals surface area contributed by atoms with E-state index in [9.17, 15) is 8.42 Å². The summed E-state index contributed by atoms with van der Waals surface area (Å²) in [7, 11) is -3.38. The van der Waals surface area contributed by atoms with E-state index in [2.05, 4.69) is 12.1 Å². The smallest absolute Gasteiger partial charge is 0.206 e. The molecule has 0 spiro atoms. The largest absolute Gasteiger partial charge is 0.252 e. The van der Waals surface area contributed by atoms with Crippen molar-refractivity contribution in [1.29, 1.82) is 0 Å². The molecule has 1 aliphatic heterocycles. The van der Waals surface area contributed by atoms with Crippen LogP contribution in [0.25, 0.3) is 0 Å². The van der Waals surface area contributed by atoms with Gasteiger partial charge in [-0.1, -0.05) is 30.3 Å². The van der Waals surface area contributed by atoms with Crippen molar-refractivity contribution in [2.24, 2.45) is 0 Å². The fraction of sp³-hybridized carbons (Fsp3) is 0.333. The van der Waals surface area contributed by atoms with Crippen molar-refractivity contribution in [2.75, 3.05) is 13.1 Å². The number of benzene rings is 1. The molecule has 1 aromatic carbocycles. The minimum Gasteiger partial charge on any atom is -0.206 e. The number of thiophene rings is 1. The lowest BCUT2D eigenvalue weighted by atomic mass is 9.99. The molecule has 0 radical (unpaired) electrons. The Morgan fingerprint density at radius 1 is 1.19 bits per heavy atom. The third-order valence-corrected chi connectivity index (χ3v) is 7.65. The molecule has 2 heterocycles. The Balaban J connectivity index is 1.79. The van der Waals surface area contributed by atoms with E-state index in [-0.39, 0.29) is 5.92 Å². The van der Waals surface area contributed by atoms with Gasteiger partial charge < -0.3 is 0 Å². The van der Waals surface area contributed by atoms with Gasteiger partial charge in [0, 0.05) is 18.0 Å². The van der Waals surface area contributed by atoms with Crippen LogP contribution in [0.1, 0.15) is 22.8 Å². The lowest BCUT2D eigenvalue weighted by molar-refractivity contribution is 0.474. The Hall–Kier alpha value is -0.880. The van der Waals surface area contributed by atoms with Crippen LogP contribution in [0.4, 0.5) is 0 Å². The van der Waals surface area contributed by atoms with Crippen LogP contribution < -0.4 is 0 Å². The molecular weight excluding hydrogens is 326 g/mol. The van der Waals surface area contributed by atoms with Crippen molar-refractivity contribution in [1.82, 2.24) is 4.31 Å². The van der Waals surface area contributed by atoms with E-state index in [4.69, 9.17) is 11.6 Å². The molecule has 0 amide bonds. The first kappa shape index (κ1) is 15.0. The number of sulfonamides is 1. The minimum absolute atomic E-state index is 0.286. The highest BCUT2D eigenvalue weighted by Crippen LogP contribution is 2.33. The molecule has 0 N–H and O–H groups in total. The van der Waals surface area contributed by atoms with E-state index < -0.39 is 10.0 Å². The molecule has 2 aromatic rings.